The third kappa shape index (κ3) is 4.99. The summed E-state index contributed by atoms with van der Waals surface area (Å²) < 4.78 is 5.23. The summed E-state index contributed by atoms with van der Waals surface area (Å²) >= 11 is 0. The second kappa shape index (κ2) is 7.38. The van der Waals surface area contributed by atoms with E-state index >= 15 is 0 Å². The van der Waals surface area contributed by atoms with Crippen molar-refractivity contribution >= 4 is 11.8 Å². The van der Waals surface area contributed by atoms with Crippen molar-refractivity contribution in [3.63, 3.8) is 0 Å². The van der Waals surface area contributed by atoms with Gasteiger partial charge in [-0.05, 0) is 33.0 Å². The van der Waals surface area contributed by atoms with Crippen LogP contribution in [0.15, 0.2) is 12.1 Å². The minimum absolute atomic E-state index is 0.411. The number of rotatable bonds is 4. The van der Waals surface area contributed by atoms with Crippen molar-refractivity contribution in [2.24, 2.45) is 0 Å². The third-order valence-electron chi connectivity index (χ3n) is 3.70. The number of likely N-dealkylation sites (N-methyl/N-ethyl adjacent to an activating group) is 1. The Hall–Kier alpha value is -1.66. The molecule has 1 aliphatic rings. The lowest BCUT2D eigenvalue weighted by atomic mass is 10.3. The summed E-state index contributed by atoms with van der Waals surface area (Å²) in [5.74, 6) is 0. The van der Waals surface area contributed by atoms with Gasteiger partial charge in [-0.3, -0.25) is 15.2 Å². The Balaban J connectivity index is 1.70. The van der Waals surface area contributed by atoms with Gasteiger partial charge in [0.2, 0.25) is 0 Å². The van der Waals surface area contributed by atoms with Gasteiger partial charge >= 0.3 is 6.09 Å². The smallest absolute Gasteiger partial charge is 0.411 e. The van der Waals surface area contributed by atoms with Crippen molar-refractivity contribution in [3.8, 4) is 0 Å². The zero-order valence-electron chi connectivity index (χ0n) is 13.1. The van der Waals surface area contributed by atoms with Gasteiger partial charge < -0.3 is 9.64 Å². The van der Waals surface area contributed by atoms with E-state index in [4.69, 9.17) is 4.74 Å². The van der Waals surface area contributed by atoms with Crippen LogP contribution in [0.3, 0.4) is 0 Å². The first-order valence-corrected chi connectivity index (χ1v) is 7.33. The van der Waals surface area contributed by atoms with Crippen LogP contribution < -0.4 is 5.32 Å². The molecule has 0 atom stereocenters. The van der Waals surface area contributed by atoms with Crippen LogP contribution in [0.1, 0.15) is 11.4 Å². The quantitative estimate of drug-likeness (QED) is 0.911. The molecular formula is C15H24N4O2. The Morgan fingerprint density at radius 3 is 2.67 bits per heavy atom. The summed E-state index contributed by atoms with van der Waals surface area (Å²) in [7, 11) is 2.12. The first-order valence-electron chi connectivity index (χ1n) is 7.33. The van der Waals surface area contributed by atoms with Gasteiger partial charge in [-0.1, -0.05) is 0 Å². The number of amides is 1. The minimum atomic E-state index is -0.419. The average Bonchev–Trinajstić information content (AvgIpc) is 2.44. The van der Waals surface area contributed by atoms with E-state index in [0.717, 1.165) is 44.1 Å². The maximum absolute atomic E-state index is 11.8. The maximum Gasteiger partial charge on any atom is 0.411 e. The molecule has 2 rings (SSSR count). The predicted octanol–water partition coefficient (Wildman–Crippen LogP) is 1.49. The van der Waals surface area contributed by atoms with Crippen LogP contribution in [0, 0.1) is 13.8 Å². The molecule has 0 saturated carbocycles. The monoisotopic (exact) mass is 292 g/mol. The molecule has 1 N–H and O–H groups in total. The summed E-state index contributed by atoms with van der Waals surface area (Å²) in [6, 6.07) is 3.71. The molecule has 1 aromatic rings. The van der Waals surface area contributed by atoms with Gasteiger partial charge in [-0.15, -0.1) is 0 Å². The SMILES string of the molecule is Cc1ccc(NC(=O)OCCN2CCN(C)CC2)c(C)n1. The number of piperazine rings is 1. The van der Waals surface area contributed by atoms with Gasteiger partial charge in [0.1, 0.15) is 6.61 Å². The van der Waals surface area contributed by atoms with Crippen LogP contribution >= 0.6 is 0 Å². The Morgan fingerprint density at radius 2 is 2.00 bits per heavy atom. The lowest BCUT2D eigenvalue weighted by Gasteiger charge is -2.31. The van der Waals surface area contributed by atoms with E-state index < -0.39 is 6.09 Å². The van der Waals surface area contributed by atoms with Crippen molar-refractivity contribution < 1.29 is 9.53 Å². The fourth-order valence-corrected chi connectivity index (χ4v) is 2.30. The van der Waals surface area contributed by atoms with E-state index in [1.165, 1.54) is 0 Å². The summed E-state index contributed by atoms with van der Waals surface area (Å²) in [6.07, 6.45) is -0.419. The highest BCUT2D eigenvalue weighted by Crippen LogP contribution is 2.12. The molecule has 2 heterocycles. The van der Waals surface area contributed by atoms with Crippen LogP contribution in [-0.4, -0.2) is 67.3 Å². The second-order valence-electron chi connectivity index (χ2n) is 5.49. The second-order valence-corrected chi connectivity index (χ2v) is 5.49. The Labute approximate surface area is 126 Å². The van der Waals surface area contributed by atoms with Crippen molar-refractivity contribution in [1.29, 1.82) is 0 Å². The molecule has 0 aliphatic carbocycles. The molecule has 0 radical (unpaired) electrons. The predicted molar refractivity (Wildman–Crippen MR) is 82.6 cm³/mol. The molecular weight excluding hydrogens is 268 g/mol. The Kier molecular flexibility index (Phi) is 5.52. The number of nitrogens with one attached hydrogen (secondary N) is 1. The van der Waals surface area contributed by atoms with Gasteiger partial charge in [-0.25, -0.2) is 4.79 Å². The lowest BCUT2D eigenvalue weighted by Crippen LogP contribution is -2.45. The number of pyridine rings is 1. The molecule has 0 bridgehead atoms. The number of anilines is 1. The highest BCUT2D eigenvalue weighted by molar-refractivity contribution is 5.85. The molecule has 0 aromatic carbocycles. The molecule has 1 fully saturated rings. The molecule has 6 heteroatoms. The topological polar surface area (TPSA) is 57.7 Å². The maximum atomic E-state index is 11.8. The highest BCUT2D eigenvalue weighted by Gasteiger charge is 2.14. The molecule has 0 spiro atoms. The van der Waals surface area contributed by atoms with Crippen LogP contribution in [0.4, 0.5) is 10.5 Å². The van der Waals surface area contributed by atoms with Gasteiger partial charge in [0.05, 0.1) is 11.4 Å². The number of carbonyl (C=O) groups excluding carboxylic acids is 1. The first-order chi connectivity index (χ1) is 10.0. The van der Waals surface area contributed by atoms with E-state index in [9.17, 15) is 4.79 Å². The summed E-state index contributed by atoms with van der Waals surface area (Å²) in [4.78, 5) is 20.7. The number of aromatic nitrogens is 1. The zero-order valence-corrected chi connectivity index (χ0v) is 13.1. The summed E-state index contributed by atoms with van der Waals surface area (Å²) in [5, 5.41) is 2.73. The summed E-state index contributed by atoms with van der Waals surface area (Å²) in [6.45, 7) is 9.18. The number of aryl methyl sites for hydroxylation is 2. The van der Waals surface area contributed by atoms with Crippen molar-refractivity contribution in [2.75, 3.05) is 51.7 Å². The van der Waals surface area contributed by atoms with Gasteiger partial charge in [-0.2, -0.15) is 0 Å². The van der Waals surface area contributed by atoms with E-state index in [1.807, 2.05) is 26.0 Å². The molecule has 1 saturated heterocycles. The van der Waals surface area contributed by atoms with Crippen molar-refractivity contribution in [3.05, 3.63) is 23.5 Å². The number of carbonyl (C=O) groups is 1. The van der Waals surface area contributed by atoms with E-state index in [2.05, 4.69) is 27.1 Å². The molecule has 1 aromatic heterocycles. The van der Waals surface area contributed by atoms with Crippen molar-refractivity contribution in [1.82, 2.24) is 14.8 Å². The minimum Gasteiger partial charge on any atom is -0.448 e. The molecule has 116 valence electrons. The van der Waals surface area contributed by atoms with Gasteiger partial charge in [0.25, 0.3) is 0 Å². The normalized spacial score (nSPS) is 16.7. The largest absolute Gasteiger partial charge is 0.448 e. The van der Waals surface area contributed by atoms with E-state index in [-0.39, 0.29) is 0 Å². The first kappa shape index (κ1) is 15.7. The summed E-state index contributed by atoms with van der Waals surface area (Å²) in [5.41, 5.74) is 2.43. The Bertz CT molecular complexity index is 485. The van der Waals surface area contributed by atoms with Gasteiger partial charge in [0, 0.05) is 38.4 Å². The number of hydrogen-bond acceptors (Lipinski definition) is 5. The number of hydrogen-bond donors (Lipinski definition) is 1. The van der Waals surface area contributed by atoms with Crippen molar-refractivity contribution in [2.45, 2.75) is 13.8 Å². The average molecular weight is 292 g/mol. The molecule has 1 aliphatic heterocycles. The third-order valence-corrected chi connectivity index (χ3v) is 3.70. The fourth-order valence-electron chi connectivity index (χ4n) is 2.30. The van der Waals surface area contributed by atoms with E-state index in [1.54, 1.807) is 0 Å². The van der Waals surface area contributed by atoms with Crippen LogP contribution in [0.25, 0.3) is 0 Å². The highest BCUT2D eigenvalue weighted by atomic mass is 16.5. The van der Waals surface area contributed by atoms with E-state index in [0.29, 0.717) is 12.3 Å². The fraction of sp³-hybridized carbons (Fsp3) is 0.600. The molecule has 6 nitrogen and oxygen atoms in total. The Morgan fingerprint density at radius 1 is 1.29 bits per heavy atom. The number of nitrogens with zero attached hydrogens (tertiary/aromatic N) is 3. The standard InChI is InChI=1S/C15H24N4O2/c1-12-4-5-14(13(2)16-12)17-15(20)21-11-10-19-8-6-18(3)7-9-19/h4-5H,6-11H2,1-3H3,(H,17,20). The molecule has 0 unspecified atom stereocenters. The van der Waals surface area contributed by atoms with Gasteiger partial charge in [0.15, 0.2) is 0 Å². The lowest BCUT2D eigenvalue weighted by molar-refractivity contribution is 0.111. The number of ether oxygens (including phenoxy) is 1. The zero-order chi connectivity index (χ0) is 15.2. The molecule has 21 heavy (non-hydrogen) atoms. The van der Waals surface area contributed by atoms with Crippen LogP contribution in [0.5, 0.6) is 0 Å². The molecule has 1 amide bonds. The van der Waals surface area contributed by atoms with Crippen LogP contribution in [0.2, 0.25) is 0 Å². The van der Waals surface area contributed by atoms with Crippen LogP contribution in [-0.2, 0) is 4.74 Å².